The Bertz CT molecular complexity index is 1770. The van der Waals surface area contributed by atoms with E-state index in [9.17, 15) is 22.8 Å². The second-order valence-corrected chi connectivity index (χ2v) is 12.3. The molecular formula is C32H34F3N7O4. The molecule has 4 aromatic heterocycles. The van der Waals surface area contributed by atoms with Gasteiger partial charge in [-0.05, 0) is 61.9 Å². The Balaban J connectivity index is 1.36. The van der Waals surface area contributed by atoms with Crippen molar-refractivity contribution in [1.29, 1.82) is 0 Å². The van der Waals surface area contributed by atoms with Crippen LogP contribution in [0.5, 0.6) is 0 Å². The van der Waals surface area contributed by atoms with E-state index in [0.29, 0.717) is 41.3 Å². The van der Waals surface area contributed by atoms with E-state index in [0.717, 1.165) is 38.2 Å². The molecular weight excluding hydrogens is 603 g/mol. The molecule has 1 amide bonds. The van der Waals surface area contributed by atoms with Gasteiger partial charge in [0.15, 0.2) is 5.65 Å². The van der Waals surface area contributed by atoms with Crippen LogP contribution in [0, 0.1) is 5.41 Å². The first kappa shape index (κ1) is 31.4. The third-order valence-corrected chi connectivity index (χ3v) is 8.63. The molecule has 0 atom stereocenters. The summed E-state index contributed by atoms with van der Waals surface area (Å²) in [6.07, 6.45) is 1.71. The van der Waals surface area contributed by atoms with Crippen LogP contribution >= 0.6 is 0 Å². The average Bonchev–Trinajstić information content (AvgIpc) is 3.77. The summed E-state index contributed by atoms with van der Waals surface area (Å²) in [4.78, 5) is 46.3. The number of carbonyl (C=O) groups excluding carboxylic acids is 1. The van der Waals surface area contributed by atoms with E-state index in [1.165, 1.54) is 12.3 Å². The SMILES string of the molecule is COCC1(CN(C)c2cc(-c3cc(C4CC4)nc(C(F)(F)F)c3)nc3nc(NC(=O)c4ccc(CCC(=O)O)cn4)[nH]c23)CCC1. The number of pyridine rings is 3. The molecule has 4 heterocycles. The minimum Gasteiger partial charge on any atom is -0.481 e. The molecule has 46 heavy (non-hydrogen) atoms. The molecule has 14 heteroatoms. The van der Waals surface area contributed by atoms with Gasteiger partial charge in [-0.3, -0.25) is 19.9 Å². The number of aryl methyl sites for hydroxylation is 1. The zero-order chi connectivity index (χ0) is 32.6. The molecule has 0 saturated heterocycles. The lowest BCUT2D eigenvalue weighted by atomic mass is 9.69. The van der Waals surface area contributed by atoms with Crippen molar-refractivity contribution in [2.24, 2.45) is 5.41 Å². The van der Waals surface area contributed by atoms with Crippen LogP contribution in [0.3, 0.4) is 0 Å². The number of methoxy groups -OCH3 is 1. The highest BCUT2D eigenvalue weighted by Gasteiger charge is 2.39. The van der Waals surface area contributed by atoms with Crippen LogP contribution in [0.2, 0.25) is 0 Å². The number of aliphatic carboxylic acids is 1. The maximum atomic E-state index is 13.9. The Labute approximate surface area is 262 Å². The number of carboxylic acids is 1. The van der Waals surface area contributed by atoms with Crippen LogP contribution in [-0.4, -0.2) is 69.2 Å². The number of nitrogens with zero attached hydrogens (tertiary/aromatic N) is 5. The number of amides is 1. The third kappa shape index (κ3) is 6.81. The first-order chi connectivity index (χ1) is 21.9. The van der Waals surface area contributed by atoms with Crippen molar-refractivity contribution in [3.63, 3.8) is 0 Å². The molecule has 0 radical (unpaired) electrons. The molecule has 0 aliphatic heterocycles. The summed E-state index contributed by atoms with van der Waals surface area (Å²) in [5, 5.41) is 11.6. The minimum atomic E-state index is -4.62. The monoisotopic (exact) mass is 637 g/mol. The smallest absolute Gasteiger partial charge is 0.433 e. The Morgan fingerprint density at radius 2 is 1.93 bits per heavy atom. The number of hydrogen-bond acceptors (Lipinski definition) is 8. The summed E-state index contributed by atoms with van der Waals surface area (Å²) in [7, 11) is 3.58. The van der Waals surface area contributed by atoms with E-state index in [1.54, 1.807) is 25.3 Å². The number of ether oxygens (including phenoxy) is 1. The highest BCUT2D eigenvalue weighted by Crippen LogP contribution is 2.44. The minimum absolute atomic E-state index is 0.00788. The van der Waals surface area contributed by atoms with Crippen LogP contribution < -0.4 is 10.2 Å². The quantitative estimate of drug-likeness (QED) is 0.175. The number of rotatable bonds is 12. The van der Waals surface area contributed by atoms with Gasteiger partial charge < -0.3 is 19.7 Å². The molecule has 4 aromatic rings. The number of alkyl halides is 3. The number of anilines is 2. The fraction of sp³-hybridized carbons (Fsp3) is 0.438. The molecule has 242 valence electrons. The summed E-state index contributed by atoms with van der Waals surface area (Å²) in [5.41, 5.74) is 2.14. The number of H-pyrrole nitrogens is 1. The zero-order valence-corrected chi connectivity index (χ0v) is 25.4. The summed E-state index contributed by atoms with van der Waals surface area (Å²) in [5.74, 6) is -1.39. The van der Waals surface area contributed by atoms with E-state index >= 15 is 0 Å². The molecule has 0 unspecified atom stereocenters. The lowest BCUT2D eigenvalue weighted by molar-refractivity contribution is -0.141. The van der Waals surface area contributed by atoms with Gasteiger partial charge in [-0.15, -0.1) is 0 Å². The number of aromatic nitrogens is 5. The fourth-order valence-electron chi connectivity index (χ4n) is 5.96. The Hall–Kier alpha value is -4.59. The molecule has 0 aromatic carbocycles. The summed E-state index contributed by atoms with van der Waals surface area (Å²) in [6, 6.07) is 7.57. The molecule has 0 bridgehead atoms. The van der Waals surface area contributed by atoms with Crippen LogP contribution in [0.4, 0.5) is 24.8 Å². The highest BCUT2D eigenvalue weighted by atomic mass is 19.4. The molecule has 2 fully saturated rings. The van der Waals surface area contributed by atoms with Crippen molar-refractivity contribution >= 4 is 34.7 Å². The number of imidazole rings is 1. The average molecular weight is 638 g/mol. The largest absolute Gasteiger partial charge is 0.481 e. The topological polar surface area (TPSA) is 146 Å². The van der Waals surface area contributed by atoms with Crippen molar-refractivity contribution < 1.29 is 32.6 Å². The van der Waals surface area contributed by atoms with Gasteiger partial charge in [0, 0.05) is 55.9 Å². The van der Waals surface area contributed by atoms with Gasteiger partial charge in [0.1, 0.15) is 16.9 Å². The number of hydrogen-bond donors (Lipinski definition) is 3. The fourth-order valence-corrected chi connectivity index (χ4v) is 5.96. The second kappa shape index (κ2) is 12.3. The predicted octanol–water partition coefficient (Wildman–Crippen LogP) is 5.83. The molecule has 11 nitrogen and oxygen atoms in total. The summed E-state index contributed by atoms with van der Waals surface area (Å²) < 4.78 is 47.2. The third-order valence-electron chi connectivity index (χ3n) is 8.63. The van der Waals surface area contributed by atoms with Crippen molar-refractivity contribution in [1.82, 2.24) is 24.9 Å². The first-order valence-electron chi connectivity index (χ1n) is 15.1. The maximum Gasteiger partial charge on any atom is 0.433 e. The number of carboxylic acid groups (broad SMARTS) is 1. The van der Waals surface area contributed by atoms with Crippen LogP contribution in [0.1, 0.15) is 71.9 Å². The van der Waals surface area contributed by atoms with Crippen LogP contribution in [0.25, 0.3) is 22.4 Å². The van der Waals surface area contributed by atoms with Gasteiger partial charge in [-0.25, -0.2) is 9.97 Å². The number of nitrogens with one attached hydrogen (secondary N) is 2. The summed E-state index contributed by atoms with van der Waals surface area (Å²) >= 11 is 0. The Morgan fingerprint density at radius 3 is 2.54 bits per heavy atom. The Morgan fingerprint density at radius 1 is 1.15 bits per heavy atom. The zero-order valence-electron chi connectivity index (χ0n) is 25.4. The van der Waals surface area contributed by atoms with Gasteiger partial charge in [0.25, 0.3) is 5.91 Å². The van der Waals surface area contributed by atoms with E-state index in [4.69, 9.17) is 9.84 Å². The van der Waals surface area contributed by atoms with E-state index < -0.39 is 23.7 Å². The van der Waals surface area contributed by atoms with E-state index in [1.807, 2.05) is 11.9 Å². The van der Waals surface area contributed by atoms with Crippen molar-refractivity contribution in [2.45, 2.75) is 57.0 Å². The molecule has 6 rings (SSSR count). The maximum absolute atomic E-state index is 13.9. The number of halogens is 3. The van der Waals surface area contributed by atoms with Crippen molar-refractivity contribution in [3.05, 3.63) is 59.2 Å². The molecule has 3 N–H and O–H groups in total. The number of carbonyl (C=O) groups is 2. The molecule has 2 saturated carbocycles. The normalized spacial score (nSPS) is 15.8. The lowest BCUT2D eigenvalue weighted by Gasteiger charge is -2.44. The van der Waals surface area contributed by atoms with Crippen LogP contribution in [-0.2, 0) is 22.1 Å². The van der Waals surface area contributed by atoms with Gasteiger partial charge in [0.05, 0.1) is 18.0 Å². The highest BCUT2D eigenvalue weighted by molar-refractivity contribution is 6.03. The lowest BCUT2D eigenvalue weighted by Crippen LogP contribution is -2.44. The van der Waals surface area contributed by atoms with Crippen molar-refractivity contribution in [3.8, 4) is 11.3 Å². The van der Waals surface area contributed by atoms with Crippen LogP contribution in [0.15, 0.2) is 36.5 Å². The summed E-state index contributed by atoms with van der Waals surface area (Å²) in [6.45, 7) is 1.21. The number of fused-ring (bicyclic) bond motifs is 1. The predicted molar refractivity (Wildman–Crippen MR) is 164 cm³/mol. The molecule has 2 aliphatic carbocycles. The van der Waals surface area contributed by atoms with E-state index in [-0.39, 0.29) is 47.0 Å². The van der Waals surface area contributed by atoms with Gasteiger partial charge in [-0.1, -0.05) is 12.5 Å². The number of aromatic amines is 1. The standard InChI is InChI=1S/C32H34F3N7O4/c1-42(16-31(17-46-2)10-3-11-31)24-14-23(20-12-22(19-6-7-19)37-25(13-20)32(33,34)35)38-28-27(24)39-30(40-28)41-29(45)21-8-4-18(15-36-21)5-9-26(43)44/h4,8,12-15,19H,3,5-7,9-11,16-17H2,1-2H3,(H,43,44)(H2,38,39,40,41,45). The second-order valence-electron chi connectivity index (χ2n) is 12.3. The van der Waals surface area contributed by atoms with Gasteiger partial charge >= 0.3 is 12.1 Å². The first-order valence-corrected chi connectivity index (χ1v) is 15.1. The van der Waals surface area contributed by atoms with E-state index in [2.05, 4.69) is 30.2 Å². The molecule has 2 aliphatic rings. The van der Waals surface area contributed by atoms with Gasteiger partial charge in [0.2, 0.25) is 5.95 Å². The Kier molecular flexibility index (Phi) is 8.40. The van der Waals surface area contributed by atoms with Crippen molar-refractivity contribution in [2.75, 3.05) is 37.5 Å². The van der Waals surface area contributed by atoms with Gasteiger partial charge in [-0.2, -0.15) is 18.2 Å². The molecule has 0 spiro atoms.